The Morgan fingerprint density at radius 1 is 1.26 bits per heavy atom. The number of amides is 1. The Kier molecular flexibility index (Phi) is 4.52. The summed E-state index contributed by atoms with van der Waals surface area (Å²) in [5.74, 6) is 0.299. The highest BCUT2D eigenvalue weighted by atomic mass is 16.5. The molecule has 0 unspecified atom stereocenters. The number of benzene rings is 1. The maximum atomic E-state index is 11.9. The highest BCUT2D eigenvalue weighted by Gasteiger charge is 2.18. The predicted octanol–water partition coefficient (Wildman–Crippen LogP) is 1.13. The predicted molar refractivity (Wildman–Crippen MR) is 69.3 cm³/mol. The van der Waals surface area contributed by atoms with E-state index in [9.17, 15) is 9.59 Å². The molecule has 1 amide bonds. The minimum absolute atomic E-state index is 0.0513. The van der Waals surface area contributed by atoms with E-state index >= 15 is 0 Å². The van der Waals surface area contributed by atoms with Crippen molar-refractivity contribution in [2.24, 2.45) is 0 Å². The number of carbonyl (C=O) groups excluding carboxylic acids is 2. The van der Waals surface area contributed by atoms with E-state index in [-0.39, 0.29) is 18.3 Å². The first-order chi connectivity index (χ1) is 9.18. The first-order valence-corrected chi connectivity index (χ1v) is 6.27. The average Bonchev–Trinajstić information content (AvgIpc) is 2.46. The molecule has 1 aliphatic rings. The summed E-state index contributed by atoms with van der Waals surface area (Å²) in [7, 11) is 0. The van der Waals surface area contributed by atoms with Gasteiger partial charge in [0, 0.05) is 13.1 Å². The Morgan fingerprint density at radius 2 is 1.95 bits per heavy atom. The van der Waals surface area contributed by atoms with Crippen molar-refractivity contribution in [1.82, 2.24) is 4.90 Å². The molecule has 1 aliphatic heterocycles. The fourth-order valence-corrected chi connectivity index (χ4v) is 1.93. The zero-order valence-electron chi connectivity index (χ0n) is 10.9. The van der Waals surface area contributed by atoms with Gasteiger partial charge in [-0.2, -0.15) is 0 Å². The summed E-state index contributed by atoms with van der Waals surface area (Å²) in [5, 5.41) is 0. The molecule has 0 radical (unpaired) electrons. The minimum atomic E-state index is -0.0818. The number of Topliss-reactive ketones (excluding diaryl/α,β-unsaturated/α-hetero) is 1. The fourth-order valence-electron chi connectivity index (χ4n) is 1.93. The van der Waals surface area contributed by atoms with Crippen molar-refractivity contribution in [3.05, 3.63) is 29.8 Å². The third kappa shape index (κ3) is 3.54. The third-order valence-corrected chi connectivity index (χ3v) is 2.98. The van der Waals surface area contributed by atoms with Crippen LogP contribution in [0.2, 0.25) is 0 Å². The monoisotopic (exact) mass is 263 g/mol. The van der Waals surface area contributed by atoms with Crippen molar-refractivity contribution in [1.29, 1.82) is 0 Å². The number of morpholine rings is 1. The number of ketones is 1. The van der Waals surface area contributed by atoms with E-state index in [0.717, 1.165) is 0 Å². The Hall–Kier alpha value is -1.88. The van der Waals surface area contributed by atoms with E-state index in [2.05, 4.69) is 0 Å². The first-order valence-electron chi connectivity index (χ1n) is 6.27. The van der Waals surface area contributed by atoms with Gasteiger partial charge in [0.05, 0.1) is 18.8 Å². The fraction of sp³-hybridized carbons (Fsp3) is 0.429. The molecule has 102 valence electrons. The molecular formula is C14H17NO4. The van der Waals surface area contributed by atoms with E-state index in [1.165, 1.54) is 6.92 Å². The summed E-state index contributed by atoms with van der Waals surface area (Å²) < 4.78 is 10.6. The van der Waals surface area contributed by atoms with Crippen LogP contribution in [0.3, 0.4) is 0 Å². The molecule has 1 heterocycles. The lowest BCUT2D eigenvalue weighted by Gasteiger charge is -2.26. The van der Waals surface area contributed by atoms with Crippen molar-refractivity contribution in [2.45, 2.75) is 6.92 Å². The number of nitrogens with zero attached hydrogens (tertiary/aromatic N) is 1. The van der Waals surface area contributed by atoms with Gasteiger partial charge in [0.15, 0.2) is 12.4 Å². The first kappa shape index (κ1) is 13.5. The molecule has 0 saturated carbocycles. The van der Waals surface area contributed by atoms with E-state index in [4.69, 9.17) is 9.47 Å². The van der Waals surface area contributed by atoms with Crippen molar-refractivity contribution in [3.63, 3.8) is 0 Å². The number of para-hydroxylation sites is 1. The standard InChI is InChI=1S/C14H17NO4/c1-11(16)12-4-2-3-5-13(12)19-10-14(17)15-6-8-18-9-7-15/h2-5H,6-10H2,1H3. The highest BCUT2D eigenvalue weighted by molar-refractivity contribution is 5.96. The second-order valence-corrected chi connectivity index (χ2v) is 4.33. The van der Waals surface area contributed by atoms with E-state index in [0.29, 0.717) is 37.6 Å². The van der Waals surface area contributed by atoms with Crippen LogP contribution in [0.25, 0.3) is 0 Å². The Labute approximate surface area is 112 Å². The average molecular weight is 263 g/mol. The van der Waals surface area contributed by atoms with Crippen molar-refractivity contribution >= 4 is 11.7 Å². The van der Waals surface area contributed by atoms with Crippen LogP contribution in [0.1, 0.15) is 17.3 Å². The van der Waals surface area contributed by atoms with Crippen LogP contribution in [-0.2, 0) is 9.53 Å². The summed E-state index contributed by atoms with van der Waals surface area (Å²) in [6, 6.07) is 6.94. The highest BCUT2D eigenvalue weighted by Crippen LogP contribution is 2.18. The molecule has 1 aromatic carbocycles. The number of carbonyl (C=O) groups is 2. The van der Waals surface area contributed by atoms with Crippen LogP contribution in [-0.4, -0.2) is 49.5 Å². The number of ether oxygens (including phenoxy) is 2. The van der Waals surface area contributed by atoms with Gasteiger partial charge in [-0.25, -0.2) is 0 Å². The van der Waals surface area contributed by atoms with Crippen molar-refractivity contribution < 1.29 is 19.1 Å². The summed E-state index contributed by atoms with van der Waals surface area (Å²) in [6.45, 7) is 3.74. The van der Waals surface area contributed by atoms with Crippen molar-refractivity contribution in [3.8, 4) is 5.75 Å². The summed E-state index contributed by atoms with van der Waals surface area (Å²) >= 11 is 0. The number of rotatable bonds is 4. The number of hydrogen-bond donors (Lipinski definition) is 0. The van der Waals surface area contributed by atoms with Gasteiger partial charge in [-0.05, 0) is 19.1 Å². The van der Waals surface area contributed by atoms with Crippen LogP contribution in [0, 0.1) is 0 Å². The lowest BCUT2D eigenvalue weighted by molar-refractivity contribution is -0.137. The lowest BCUT2D eigenvalue weighted by atomic mass is 10.1. The molecule has 0 N–H and O–H groups in total. The van der Waals surface area contributed by atoms with Gasteiger partial charge in [0.25, 0.3) is 5.91 Å². The summed E-state index contributed by atoms with van der Waals surface area (Å²) in [5.41, 5.74) is 0.497. The SMILES string of the molecule is CC(=O)c1ccccc1OCC(=O)N1CCOCC1. The molecule has 0 bridgehead atoms. The summed E-state index contributed by atoms with van der Waals surface area (Å²) in [6.07, 6.45) is 0. The molecule has 0 aliphatic carbocycles. The largest absolute Gasteiger partial charge is 0.483 e. The molecule has 0 spiro atoms. The molecule has 1 fully saturated rings. The van der Waals surface area contributed by atoms with Crippen LogP contribution in [0.5, 0.6) is 5.75 Å². The molecule has 0 aromatic heterocycles. The Morgan fingerprint density at radius 3 is 2.63 bits per heavy atom. The molecular weight excluding hydrogens is 246 g/mol. The van der Waals surface area contributed by atoms with Gasteiger partial charge >= 0.3 is 0 Å². The smallest absolute Gasteiger partial charge is 0.260 e. The topological polar surface area (TPSA) is 55.8 Å². The van der Waals surface area contributed by atoms with Gasteiger partial charge in [-0.3, -0.25) is 9.59 Å². The van der Waals surface area contributed by atoms with Gasteiger partial charge in [0.2, 0.25) is 0 Å². The molecule has 5 heteroatoms. The zero-order chi connectivity index (χ0) is 13.7. The zero-order valence-corrected chi connectivity index (χ0v) is 10.9. The minimum Gasteiger partial charge on any atom is -0.483 e. The van der Waals surface area contributed by atoms with Gasteiger partial charge in [-0.1, -0.05) is 12.1 Å². The third-order valence-electron chi connectivity index (χ3n) is 2.98. The lowest BCUT2D eigenvalue weighted by Crippen LogP contribution is -2.43. The normalized spacial score (nSPS) is 15.1. The van der Waals surface area contributed by atoms with Crippen LogP contribution < -0.4 is 4.74 Å². The number of hydrogen-bond acceptors (Lipinski definition) is 4. The van der Waals surface area contributed by atoms with Crippen LogP contribution in [0.4, 0.5) is 0 Å². The second-order valence-electron chi connectivity index (χ2n) is 4.33. The maximum Gasteiger partial charge on any atom is 0.260 e. The molecule has 19 heavy (non-hydrogen) atoms. The van der Waals surface area contributed by atoms with Gasteiger partial charge < -0.3 is 14.4 Å². The second kappa shape index (κ2) is 6.33. The molecule has 2 rings (SSSR count). The quantitative estimate of drug-likeness (QED) is 0.764. The van der Waals surface area contributed by atoms with E-state index < -0.39 is 0 Å². The van der Waals surface area contributed by atoms with Crippen molar-refractivity contribution in [2.75, 3.05) is 32.9 Å². The van der Waals surface area contributed by atoms with Crippen LogP contribution in [0.15, 0.2) is 24.3 Å². The van der Waals surface area contributed by atoms with E-state index in [1.54, 1.807) is 29.2 Å². The van der Waals surface area contributed by atoms with Gasteiger partial charge in [0.1, 0.15) is 5.75 Å². The molecule has 1 saturated heterocycles. The van der Waals surface area contributed by atoms with E-state index in [1.807, 2.05) is 0 Å². The molecule has 5 nitrogen and oxygen atoms in total. The molecule has 1 aromatic rings. The van der Waals surface area contributed by atoms with Gasteiger partial charge in [-0.15, -0.1) is 0 Å². The Bertz CT molecular complexity index is 466. The maximum absolute atomic E-state index is 11.9. The summed E-state index contributed by atoms with van der Waals surface area (Å²) in [4.78, 5) is 25.0. The Balaban J connectivity index is 1.94. The molecule has 0 atom stereocenters. The van der Waals surface area contributed by atoms with Crippen LogP contribution >= 0.6 is 0 Å².